The van der Waals surface area contributed by atoms with Gasteiger partial charge in [-0.05, 0) is 49.5 Å². The van der Waals surface area contributed by atoms with Crippen LogP contribution in [0.1, 0.15) is 79.1 Å². The van der Waals surface area contributed by atoms with Crippen LogP contribution >= 0.6 is 0 Å². The maximum atomic E-state index is 12.7. The van der Waals surface area contributed by atoms with E-state index >= 15 is 0 Å². The van der Waals surface area contributed by atoms with Crippen LogP contribution < -0.4 is 0 Å². The first-order chi connectivity index (χ1) is 14.2. The van der Waals surface area contributed by atoms with Crippen LogP contribution in [0.25, 0.3) is 0 Å². The molecule has 3 aliphatic rings. The van der Waals surface area contributed by atoms with Crippen molar-refractivity contribution in [1.29, 1.82) is 0 Å². The van der Waals surface area contributed by atoms with Crippen molar-refractivity contribution in [2.45, 2.75) is 97.4 Å². The molecule has 0 radical (unpaired) electrons. The zero-order chi connectivity index (χ0) is 22.0. The lowest BCUT2D eigenvalue weighted by Gasteiger charge is -2.42. The number of Topliss-reactive ketones (excluding diaryl/α,β-unsaturated/α-hetero) is 1. The number of carbonyl (C=O) groups is 3. The van der Waals surface area contributed by atoms with Crippen LogP contribution in [0.4, 0.5) is 0 Å². The predicted octanol–water partition coefficient (Wildman–Crippen LogP) is 3.74. The van der Waals surface area contributed by atoms with Crippen molar-refractivity contribution in [2.75, 3.05) is 0 Å². The number of allylic oxidation sites excluding steroid dienone is 1. The largest absolute Gasteiger partial charge is 0.462 e. The molecule has 168 valence electrons. The minimum atomic E-state index is -0.656. The number of ketones is 1. The van der Waals surface area contributed by atoms with E-state index in [1.165, 1.54) is 0 Å². The summed E-state index contributed by atoms with van der Waals surface area (Å²) < 4.78 is 11.4. The first kappa shape index (κ1) is 23.0. The standard InChI is InChI=1S/C24H36O6/c1-5-14(3)24(28)30-21-9-13(2)8-16-10-20(26)15(4)19(23(16)21)7-6-18-11-17(25)12-22(27)29-18/h13-15,17-19,21,25H,5-12H2,1-4H3/t13?,14-,15+,17+,18?,19-,21-/m0/s1. The van der Waals surface area contributed by atoms with Gasteiger partial charge in [-0.25, -0.2) is 0 Å². The molecule has 1 aliphatic heterocycles. The maximum absolute atomic E-state index is 12.7. The van der Waals surface area contributed by atoms with Gasteiger partial charge in [0.25, 0.3) is 0 Å². The van der Waals surface area contributed by atoms with Crippen molar-refractivity contribution in [3.63, 3.8) is 0 Å². The Kier molecular flexibility index (Phi) is 7.38. The lowest BCUT2D eigenvalue weighted by Crippen LogP contribution is -2.40. The summed E-state index contributed by atoms with van der Waals surface area (Å²) in [5.74, 6) is -0.229. The monoisotopic (exact) mass is 420 g/mol. The molecule has 7 atom stereocenters. The Morgan fingerprint density at radius 2 is 1.93 bits per heavy atom. The van der Waals surface area contributed by atoms with Gasteiger partial charge >= 0.3 is 11.9 Å². The summed E-state index contributed by atoms with van der Waals surface area (Å²) in [6, 6.07) is 0. The Morgan fingerprint density at radius 3 is 2.60 bits per heavy atom. The number of rotatable bonds is 6. The Balaban J connectivity index is 1.80. The van der Waals surface area contributed by atoms with Crippen molar-refractivity contribution in [3.05, 3.63) is 11.1 Å². The molecule has 0 aromatic rings. The van der Waals surface area contributed by atoms with E-state index in [0.29, 0.717) is 31.6 Å². The van der Waals surface area contributed by atoms with Crippen molar-refractivity contribution in [3.8, 4) is 0 Å². The Bertz CT molecular complexity index is 710. The summed E-state index contributed by atoms with van der Waals surface area (Å²) in [7, 11) is 0. The quantitative estimate of drug-likeness (QED) is 0.520. The highest BCUT2D eigenvalue weighted by Crippen LogP contribution is 2.45. The van der Waals surface area contributed by atoms with Crippen LogP contribution in [0.2, 0.25) is 0 Å². The van der Waals surface area contributed by atoms with Gasteiger partial charge in [0.15, 0.2) is 0 Å². The molecule has 0 bridgehead atoms. The van der Waals surface area contributed by atoms with Gasteiger partial charge in [-0.2, -0.15) is 0 Å². The molecule has 1 saturated heterocycles. The van der Waals surface area contributed by atoms with E-state index < -0.39 is 6.10 Å². The third kappa shape index (κ3) is 5.13. The van der Waals surface area contributed by atoms with Crippen LogP contribution in [0.3, 0.4) is 0 Å². The number of esters is 2. The van der Waals surface area contributed by atoms with E-state index in [9.17, 15) is 19.5 Å². The second kappa shape index (κ2) is 9.63. The van der Waals surface area contributed by atoms with Crippen LogP contribution in [-0.2, 0) is 23.9 Å². The molecular formula is C24H36O6. The lowest BCUT2D eigenvalue weighted by atomic mass is 9.66. The Hall–Kier alpha value is -1.69. The van der Waals surface area contributed by atoms with Crippen molar-refractivity contribution >= 4 is 17.7 Å². The average Bonchev–Trinajstić information content (AvgIpc) is 2.67. The van der Waals surface area contributed by atoms with E-state index in [-0.39, 0.29) is 54.1 Å². The molecule has 1 fully saturated rings. The number of cyclic esters (lactones) is 1. The number of hydrogen-bond donors (Lipinski definition) is 1. The zero-order valence-electron chi connectivity index (χ0n) is 18.7. The van der Waals surface area contributed by atoms with Gasteiger partial charge in [-0.15, -0.1) is 0 Å². The molecule has 0 amide bonds. The second-order valence-electron chi connectivity index (χ2n) is 9.66. The highest BCUT2D eigenvalue weighted by molar-refractivity contribution is 5.85. The van der Waals surface area contributed by atoms with Gasteiger partial charge < -0.3 is 14.6 Å². The smallest absolute Gasteiger partial charge is 0.309 e. The van der Waals surface area contributed by atoms with Crippen molar-refractivity contribution < 1.29 is 29.0 Å². The molecule has 6 nitrogen and oxygen atoms in total. The number of ether oxygens (including phenoxy) is 2. The molecular weight excluding hydrogens is 384 g/mol. The fourth-order valence-electron chi connectivity index (χ4n) is 5.23. The van der Waals surface area contributed by atoms with Crippen molar-refractivity contribution in [1.82, 2.24) is 0 Å². The summed E-state index contributed by atoms with van der Waals surface area (Å²) in [6.07, 6.45) is 3.37. The molecule has 0 aromatic carbocycles. The minimum absolute atomic E-state index is 0.0127. The van der Waals surface area contributed by atoms with E-state index in [1.807, 2.05) is 20.8 Å². The topological polar surface area (TPSA) is 89.9 Å². The summed E-state index contributed by atoms with van der Waals surface area (Å²) in [4.78, 5) is 37.0. The zero-order valence-corrected chi connectivity index (χ0v) is 18.7. The van der Waals surface area contributed by atoms with E-state index in [2.05, 4.69) is 6.92 Å². The normalized spacial score (nSPS) is 35.5. The number of carbonyl (C=O) groups excluding carboxylic acids is 3. The van der Waals surface area contributed by atoms with Gasteiger partial charge in [0.2, 0.25) is 0 Å². The summed E-state index contributed by atoms with van der Waals surface area (Å²) in [5, 5.41) is 9.89. The second-order valence-corrected chi connectivity index (χ2v) is 9.66. The van der Waals surface area contributed by atoms with Gasteiger partial charge in [0, 0.05) is 18.8 Å². The van der Waals surface area contributed by atoms with Gasteiger partial charge in [-0.3, -0.25) is 14.4 Å². The molecule has 1 N–H and O–H groups in total. The molecule has 0 saturated carbocycles. The fourth-order valence-corrected chi connectivity index (χ4v) is 5.23. The fraction of sp³-hybridized carbons (Fsp3) is 0.792. The third-order valence-corrected chi connectivity index (χ3v) is 7.17. The molecule has 30 heavy (non-hydrogen) atoms. The first-order valence-corrected chi connectivity index (χ1v) is 11.5. The maximum Gasteiger partial charge on any atom is 0.309 e. The SMILES string of the molecule is CC[C@H](C)C(=O)O[C@H]1CC(C)CC2=C1[C@@H](CCC1C[C@@H](O)CC(=O)O1)[C@@H](C)C(=O)C2. The molecule has 0 aromatic heterocycles. The lowest BCUT2D eigenvalue weighted by molar-refractivity contribution is -0.161. The van der Waals surface area contributed by atoms with Gasteiger partial charge in [0.05, 0.1) is 18.4 Å². The molecule has 1 heterocycles. The van der Waals surface area contributed by atoms with Crippen molar-refractivity contribution in [2.24, 2.45) is 23.7 Å². The summed E-state index contributed by atoms with van der Waals surface area (Å²) in [6.45, 7) is 7.97. The Labute approximate surface area is 179 Å². The number of aliphatic hydroxyl groups is 1. The molecule has 2 aliphatic carbocycles. The van der Waals surface area contributed by atoms with Crippen LogP contribution in [0, 0.1) is 23.7 Å². The first-order valence-electron chi connectivity index (χ1n) is 11.5. The van der Waals surface area contributed by atoms with E-state index in [0.717, 1.165) is 30.4 Å². The molecule has 3 rings (SSSR count). The number of hydrogen-bond acceptors (Lipinski definition) is 6. The van der Waals surface area contributed by atoms with E-state index in [4.69, 9.17) is 9.47 Å². The molecule has 6 heteroatoms. The average molecular weight is 421 g/mol. The Morgan fingerprint density at radius 1 is 1.20 bits per heavy atom. The predicted molar refractivity (Wildman–Crippen MR) is 111 cm³/mol. The third-order valence-electron chi connectivity index (χ3n) is 7.17. The molecule has 2 unspecified atom stereocenters. The summed E-state index contributed by atoms with van der Waals surface area (Å²) in [5.41, 5.74) is 2.28. The van der Waals surface area contributed by atoms with Crippen LogP contribution in [-0.4, -0.2) is 41.1 Å². The number of aliphatic hydroxyl groups excluding tert-OH is 1. The van der Waals surface area contributed by atoms with Gasteiger partial charge in [-0.1, -0.05) is 33.3 Å². The highest BCUT2D eigenvalue weighted by Gasteiger charge is 2.42. The highest BCUT2D eigenvalue weighted by atomic mass is 16.5. The van der Waals surface area contributed by atoms with E-state index in [1.54, 1.807) is 0 Å². The van der Waals surface area contributed by atoms with Crippen LogP contribution in [0.15, 0.2) is 11.1 Å². The molecule has 0 spiro atoms. The minimum Gasteiger partial charge on any atom is -0.462 e. The van der Waals surface area contributed by atoms with Gasteiger partial charge in [0.1, 0.15) is 18.0 Å². The summed E-state index contributed by atoms with van der Waals surface area (Å²) >= 11 is 0. The van der Waals surface area contributed by atoms with Crippen LogP contribution in [0.5, 0.6) is 0 Å².